The van der Waals surface area contributed by atoms with Crippen LogP contribution in [0.25, 0.3) is 10.9 Å². The Morgan fingerprint density at radius 2 is 2.14 bits per heavy atom. The average molecular weight is 420 g/mol. The standard InChI is InChI=1S/C18H21N5O3S2/c1-10-17(27-18(20-10)21-11(2)24)28(25,26)23(3)12-4-5-15-14(8-12)13-6-7-19-9-16(13)22-15/h4-5,8,19,22H,6-7,9H2,1-3H3,(H,20,21,24). The molecule has 3 N–H and O–H groups in total. The van der Waals surface area contributed by atoms with Gasteiger partial charge in [0.1, 0.15) is 0 Å². The Morgan fingerprint density at radius 1 is 1.36 bits per heavy atom. The fraction of sp³-hybridized carbons (Fsp3) is 0.333. The van der Waals surface area contributed by atoms with Crippen molar-refractivity contribution in [1.29, 1.82) is 0 Å². The third kappa shape index (κ3) is 3.17. The fourth-order valence-corrected chi connectivity index (χ4v) is 6.24. The van der Waals surface area contributed by atoms with Gasteiger partial charge in [-0.05, 0) is 43.7 Å². The van der Waals surface area contributed by atoms with E-state index in [0.29, 0.717) is 11.4 Å². The number of sulfonamides is 1. The summed E-state index contributed by atoms with van der Waals surface area (Å²) in [6.07, 6.45) is 0.906. The van der Waals surface area contributed by atoms with Crippen LogP contribution in [0, 0.1) is 6.92 Å². The molecule has 4 rings (SSSR count). The first-order valence-electron chi connectivity index (χ1n) is 8.85. The normalized spacial score (nSPS) is 14.1. The summed E-state index contributed by atoms with van der Waals surface area (Å²) in [6.45, 7) is 4.68. The minimum Gasteiger partial charge on any atom is -0.357 e. The van der Waals surface area contributed by atoms with Crippen LogP contribution in [-0.4, -0.2) is 37.9 Å². The molecule has 28 heavy (non-hydrogen) atoms. The van der Waals surface area contributed by atoms with Gasteiger partial charge in [0, 0.05) is 37.1 Å². The molecule has 3 heterocycles. The Labute approximate surface area is 167 Å². The van der Waals surface area contributed by atoms with Crippen LogP contribution in [0.5, 0.6) is 0 Å². The number of aromatic amines is 1. The van der Waals surface area contributed by atoms with Crippen LogP contribution in [0.15, 0.2) is 22.4 Å². The van der Waals surface area contributed by atoms with Crippen LogP contribution in [0.2, 0.25) is 0 Å². The van der Waals surface area contributed by atoms with Gasteiger partial charge in [-0.3, -0.25) is 9.10 Å². The van der Waals surface area contributed by atoms with Crippen molar-refractivity contribution in [2.45, 2.75) is 31.0 Å². The second-order valence-electron chi connectivity index (χ2n) is 6.78. The Morgan fingerprint density at radius 3 is 2.89 bits per heavy atom. The zero-order valence-corrected chi connectivity index (χ0v) is 17.4. The highest BCUT2D eigenvalue weighted by atomic mass is 32.2. The van der Waals surface area contributed by atoms with Gasteiger partial charge in [-0.1, -0.05) is 11.3 Å². The van der Waals surface area contributed by atoms with Crippen molar-refractivity contribution in [3.63, 3.8) is 0 Å². The number of anilines is 2. The van der Waals surface area contributed by atoms with Gasteiger partial charge in [0.05, 0.1) is 11.4 Å². The largest absolute Gasteiger partial charge is 0.357 e. The topological polar surface area (TPSA) is 107 Å². The second-order valence-corrected chi connectivity index (χ2v) is 9.95. The monoisotopic (exact) mass is 419 g/mol. The summed E-state index contributed by atoms with van der Waals surface area (Å²) in [7, 11) is -2.26. The van der Waals surface area contributed by atoms with Gasteiger partial charge in [-0.25, -0.2) is 13.4 Å². The highest BCUT2D eigenvalue weighted by molar-refractivity contribution is 7.94. The van der Waals surface area contributed by atoms with Gasteiger partial charge in [0.15, 0.2) is 9.34 Å². The lowest BCUT2D eigenvalue weighted by molar-refractivity contribution is -0.114. The van der Waals surface area contributed by atoms with Gasteiger partial charge < -0.3 is 15.6 Å². The van der Waals surface area contributed by atoms with E-state index in [2.05, 4.69) is 20.6 Å². The lowest BCUT2D eigenvalue weighted by atomic mass is 10.0. The van der Waals surface area contributed by atoms with E-state index < -0.39 is 10.0 Å². The van der Waals surface area contributed by atoms with Crippen molar-refractivity contribution in [3.05, 3.63) is 35.2 Å². The van der Waals surface area contributed by atoms with E-state index in [4.69, 9.17) is 0 Å². The van der Waals surface area contributed by atoms with Crippen molar-refractivity contribution < 1.29 is 13.2 Å². The second kappa shape index (κ2) is 6.87. The molecule has 0 aliphatic carbocycles. The number of amides is 1. The number of aromatic nitrogens is 2. The van der Waals surface area contributed by atoms with Gasteiger partial charge >= 0.3 is 0 Å². The Kier molecular flexibility index (Phi) is 4.64. The molecule has 0 spiro atoms. The predicted molar refractivity (Wildman–Crippen MR) is 110 cm³/mol. The van der Waals surface area contributed by atoms with E-state index >= 15 is 0 Å². The number of carbonyl (C=O) groups excluding carboxylic acids is 1. The first-order chi connectivity index (χ1) is 13.3. The Balaban J connectivity index is 1.73. The number of hydrogen-bond acceptors (Lipinski definition) is 6. The summed E-state index contributed by atoms with van der Waals surface area (Å²) in [4.78, 5) is 18.8. The smallest absolute Gasteiger partial charge is 0.275 e. The minimum atomic E-state index is -3.80. The van der Waals surface area contributed by atoms with E-state index in [9.17, 15) is 13.2 Å². The molecule has 0 saturated carbocycles. The summed E-state index contributed by atoms with van der Waals surface area (Å²) in [6, 6.07) is 5.62. The summed E-state index contributed by atoms with van der Waals surface area (Å²) in [5.41, 5.74) is 4.35. The molecule has 2 aromatic heterocycles. The molecule has 148 valence electrons. The lowest BCUT2D eigenvalue weighted by Gasteiger charge is -2.19. The number of thiazole rings is 1. The highest BCUT2D eigenvalue weighted by Crippen LogP contribution is 2.34. The van der Waals surface area contributed by atoms with Gasteiger partial charge in [0.2, 0.25) is 5.91 Å². The lowest BCUT2D eigenvalue weighted by Crippen LogP contribution is -2.26. The summed E-state index contributed by atoms with van der Waals surface area (Å²) in [5.74, 6) is -0.289. The first-order valence-corrected chi connectivity index (χ1v) is 11.1. The van der Waals surface area contributed by atoms with Crippen molar-refractivity contribution in [3.8, 4) is 0 Å². The number of hydrogen-bond donors (Lipinski definition) is 3. The average Bonchev–Trinajstić information content (AvgIpc) is 3.20. The number of fused-ring (bicyclic) bond motifs is 3. The Hall–Kier alpha value is -2.43. The molecule has 1 amide bonds. The van der Waals surface area contributed by atoms with Crippen molar-refractivity contribution in [2.24, 2.45) is 0 Å². The van der Waals surface area contributed by atoms with Crippen molar-refractivity contribution >= 4 is 49.0 Å². The molecule has 0 fully saturated rings. The highest BCUT2D eigenvalue weighted by Gasteiger charge is 2.28. The SMILES string of the molecule is CC(=O)Nc1nc(C)c(S(=O)(=O)N(C)c2ccc3[nH]c4c(c3c2)CCNC4)s1. The maximum absolute atomic E-state index is 13.2. The third-order valence-electron chi connectivity index (χ3n) is 4.83. The van der Waals surface area contributed by atoms with Crippen LogP contribution in [0.3, 0.4) is 0 Å². The van der Waals surface area contributed by atoms with E-state index in [1.165, 1.54) is 23.8 Å². The molecule has 0 atom stereocenters. The summed E-state index contributed by atoms with van der Waals surface area (Å²) < 4.78 is 27.8. The van der Waals surface area contributed by atoms with E-state index in [-0.39, 0.29) is 15.2 Å². The van der Waals surface area contributed by atoms with Crippen LogP contribution in [0.4, 0.5) is 10.8 Å². The Bertz CT molecular complexity index is 1180. The zero-order valence-electron chi connectivity index (χ0n) is 15.8. The van der Waals surface area contributed by atoms with Crippen LogP contribution < -0.4 is 14.9 Å². The molecule has 1 aromatic carbocycles. The fourth-order valence-electron chi connectivity index (χ4n) is 3.44. The molecular formula is C18H21N5O3S2. The summed E-state index contributed by atoms with van der Waals surface area (Å²) >= 11 is 0.959. The predicted octanol–water partition coefficient (Wildman–Crippen LogP) is 2.36. The molecule has 1 aliphatic heterocycles. The number of carbonyl (C=O) groups is 1. The van der Waals surface area contributed by atoms with Crippen LogP contribution in [-0.2, 0) is 27.8 Å². The molecule has 1 aliphatic rings. The number of nitrogens with zero attached hydrogens (tertiary/aromatic N) is 2. The molecular weight excluding hydrogens is 398 g/mol. The molecule has 0 saturated heterocycles. The number of rotatable bonds is 4. The number of H-pyrrole nitrogens is 1. The number of nitrogens with one attached hydrogen (secondary N) is 3. The molecule has 0 radical (unpaired) electrons. The number of aryl methyl sites for hydroxylation is 1. The molecule has 10 heteroatoms. The van der Waals surface area contributed by atoms with E-state index in [1.807, 2.05) is 12.1 Å². The quantitative estimate of drug-likeness (QED) is 0.602. The number of benzene rings is 1. The molecule has 0 bridgehead atoms. The van der Waals surface area contributed by atoms with E-state index in [1.54, 1.807) is 13.0 Å². The first kappa shape index (κ1) is 18.9. The van der Waals surface area contributed by atoms with Gasteiger partial charge in [0.25, 0.3) is 10.0 Å². The molecule has 8 nitrogen and oxygen atoms in total. The van der Waals surface area contributed by atoms with Gasteiger partial charge in [-0.15, -0.1) is 0 Å². The van der Waals surface area contributed by atoms with E-state index in [0.717, 1.165) is 47.4 Å². The third-order valence-corrected chi connectivity index (χ3v) is 8.27. The van der Waals surface area contributed by atoms with Crippen LogP contribution >= 0.6 is 11.3 Å². The maximum Gasteiger partial charge on any atom is 0.275 e. The molecule has 0 unspecified atom stereocenters. The summed E-state index contributed by atoms with van der Waals surface area (Å²) in [5, 5.41) is 7.21. The maximum atomic E-state index is 13.2. The molecule has 3 aromatic rings. The van der Waals surface area contributed by atoms with Crippen LogP contribution in [0.1, 0.15) is 23.9 Å². The minimum absolute atomic E-state index is 0.124. The van der Waals surface area contributed by atoms with Gasteiger partial charge in [-0.2, -0.15) is 0 Å². The van der Waals surface area contributed by atoms with Crippen molar-refractivity contribution in [1.82, 2.24) is 15.3 Å². The van der Waals surface area contributed by atoms with Crippen molar-refractivity contribution in [2.75, 3.05) is 23.2 Å². The zero-order chi connectivity index (χ0) is 20.1.